The van der Waals surface area contributed by atoms with Crippen molar-refractivity contribution in [1.82, 2.24) is 4.90 Å². The number of halogens is 1. The molecule has 1 N–H and O–H groups in total. The second-order valence-corrected chi connectivity index (χ2v) is 7.07. The lowest BCUT2D eigenvalue weighted by atomic mass is 9.95. The highest BCUT2D eigenvalue weighted by atomic mass is 79.9. The van der Waals surface area contributed by atoms with E-state index in [0.29, 0.717) is 5.56 Å². The number of aliphatic hydroxyl groups excluding tert-OH is 1. The van der Waals surface area contributed by atoms with Crippen molar-refractivity contribution in [2.24, 2.45) is 0 Å². The summed E-state index contributed by atoms with van der Waals surface area (Å²) in [5, 5.41) is 10.8. The van der Waals surface area contributed by atoms with E-state index in [0.717, 1.165) is 15.6 Å². The number of carbonyl (C=O) groups excluding carboxylic acids is 2. The maximum atomic E-state index is 12.7. The quantitative estimate of drug-likeness (QED) is 0.351. The number of ketones is 1. The van der Waals surface area contributed by atoms with Crippen molar-refractivity contribution in [3.63, 3.8) is 0 Å². The highest BCUT2D eigenvalue weighted by molar-refractivity contribution is 9.10. The zero-order chi connectivity index (χ0) is 18.8. The van der Waals surface area contributed by atoms with Gasteiger partial charge in [-0.15, -0.1) is 6.58 Å². The van der Waals surface area contributed by atoms with Gasteiger partial charge in [0.15, 0.2) is 0 Å². The van der Waals surface area contributed by atoms with E-state index in [2.05, 4.69) is 22.5 Å². The normalized spacial score (nSPS) is 19.0. The smallest absolute Gasteiger partial charge is 0.295 e. The molecular formula is C21H18BrNO3. The SMILES string of the molecule is C=CCN1C(=O)C(=O)/C(=C(/O)c2ccc(Br)cc2)C1c1ccc(C)cc1. The van der Waals surface area contributed by atoms with Crippen molar-refractivity contribution in [1.29, 1.82) is 0 Å². The third-order valence-corrected chi connectivity index (χ3v) is 4.91. The van der Waals surface area contributed by atoms with Crippen molar-refractivity contribution in [3.05, 3.63) is 87.9 Å². The van der Waals surface area contributed by atoms with Crippen LogP contribution in [0.15, 0.2) is 71.2 Å². The van der Waals surface area contributed by atoms with E-state index in [-0.39, 0.29) is 17.9 Å². The molecule has 1 unspecified atom stereocenters. The van der Waals surface area contributed by atoms with Crippen LogP contribution in [-0.4, -0.2) is 28.2 Å². The van der Waals surface area contributed by atoms with Crippen LogP contribution < -0.4 is 0 Å². The monoisotopic (exact) mass is 411 g/mol. The van der Waals surface area contributed by atoms with Gasteiger partial charge in [-0.05, 0) is 24.6 Å². The van der Waals surface area contributed by atoms with Crippen LogP contribution in [0.4, 0.5) is 0 Å². The molecule has 0 aliphatic carbocycles. The Labute approximate surface area is 160 Å². The summed E-state index contributed by atoms with van der Waals surface area (Å²) in [5.41, 5.74) is 2.43. The molecule has 1 fully saturated rings. The predicted octanol–water partition coefficient (Wildman–Crippen LogP) is 4.37. The van der Waals surface area contributed by atoms with Crippen molar-refractivity contribution in [2.75, 3.05) is 6.54 Å². The van der Waals surface area contributed by atoms with Crippen LogP contribution >= 0.6 is 15.9 Å². The van der Waals surface area contributed by atoms with Crippen molar-refractivity contribution in [2.45, 2.75) is 13.0 Å². The van der Waals surface area contributed by atoms with E-state index in [1.54, 1.807) is 30.3 Å². The number of likely N-dealkylation sites (tertiary alicyclic amines) is 1. The molecule has 4 nitrogen and oxygen atoms in total. The van der Waals surface area contributed by atoms with Crippen LogP contribution in [0.3, 0.4) is 0 Å². The summed E-state index contributed by atoms with van der Waals surface area (Å²) in [6.45, 7) is 5.86. The molecule has 1 saturated heterocycles. The molecule has 2 aromatic carbocycles. The largest absolute Gasteiger partial charge is 0.507 e. The molecule has 1 atom stereocenters. The van der Waals surface area contributed by atoms with E-state index >= 15 is 0 Å². The first kappa shape index (κ1) is 18.1. The van der Waals surface area contributed by atoms with Gasteiger partial charge >= 0.3 is 0 Å². The lowest BCUT2D eigenvalue weighted by Crippen LogP contribution is -2.29. The van der Waals surface area contributed by atoms with E-state index < -0.39 is 17.7 Å². The zero-order valence-electron chi connectivity index (χ0n) is 14.3. The van der Waals surface area contributed by atoms with Crippen molar-refractivity contribution >= 4 is 33.4 Å². The van der Waals surface area contributed by atoms with E-state index in [4.69, 9.17) is 0 Å². The number of benzene rings is 2. The number of carbonyl (C=O) groups is 2. The summed E-state index contributed by atoms with van der Waals surface area (Å²) in [7, 11) is 0. The topological polar surface area (TPSA) is 57.6 Å². The lowest BCUT2D eigenvalue weighted by Gasteiger charge is -2.24. The van der Waals surface area contributed by atoms with Gasteiger partial charge in [0.1, 0.15) is 5.76 Å². The predicted molar refractivity (Wildman–Crippen MR) is 105 cm³/mol. The molecule has 1 aliphatic heterocycles. The Morgan fingerprint density at radius 1 is 1.15 bits per heavy atom. The Morgan fingerprint density at radius 2 is 1.77 bits per heavy atom. The van der Waals surface area contributed by atoms with Gasteiger partial charge in [0.2, 0.25) is 0 Å². The van der Waals surface area contributed by atoms with Crippen LogP contribution in [0, 0.1) is 6.92 Å². The van der Waals surface area contributed by atoms with Gasteiger partial charge in [0, 0.05) is 16.6 Å². The molecule has 1 amide bonds. The number of amides is 1. The summed E-state index contributed by atoms with van der Waals surface area (Å²) >= 11 is 3.35. The summed E-state index contributed by atoms with van der Waals surface area (Å²) in [4.78, 5) is 26.6. The average molecular weight is 412 g/mol. The molecule has 1 heterocycles. The first-order valence-electron chi connectivity index (χ1n) is 8.16. The van der Waals surface area contributed by atoms with Gasteiger partial charge in [-0.1, -0.05) is 64.0 Å². The molecule has 1 aliphatic rings. The molecular weight excluding hydrogens is 394 g/mol. The fourth-order valence-corrected chi connectivity index (χ4v) is 3.33. The zero-order valence-corrected chi connectivity index (χ0v) is 15.9. The second kappa shape index (κ2) is 7.30. The summed E-state index contributed by atoms with van der Waals surface area (Å²) < 4.78 is 0.858. The van der Waals surface area contributed by atoms with Crippen molar-refractivity contribution in [3.8, 4) is 0 Å². The standard InChI is InChI=1S/C21H18BrNO3/c1-3-12-23-18(14-6-4-13(2)5-7-14)17(20(25)21(23)26)19(24)15-8-10-16(22)11-9-15/h3-11,18,24H,1,12H2,2H3/b19-17+. The van der Waals surface area contributed by atoms with Gasteiger partial charge in [0.05, 0.1) is 11.6 Å². The highest BCUT2D eigenvalue weighted by Gasteiger charge is 2.45. The fraction of sp³-hybridized carbons (Fsp3) is 0.143. The molecule has 3 rings (SSSR count). The van der Waals surface area contributed by atoms with Gasteiger partial charge in [-0.2, -0.15) is 0 Å². The van der Waals surface area contributed by atoms with Gasteiger partial charge in [0.25, 0.3) is 11.7 Å². The number of aliphatic hydroxyl groups is 1. The lowest BCUT2D eigenvalue weighted by molar-refractivity contribution is -0.139. The summed E-state index contributed by atoms with van der Waals surface area (Å²) in [5.74, 6) is -1.49. The molecule has 132 valence electrons. The van der Waals surface area contributed by atoms with Gasteiger partial charge in [-0.3, -0.25) is 9.59 Å². The summed E-state index contributed by atoms with van der Waals surface area (Å²) in [6.07, 6.45) is 1.58. The highest BCUT2D eigenvalue weighted by Crippen LogP contribution is 2.39. The number of hydrogen-bond acceptors (Lipinski definition) is 3. The Bertz CT molecular complexity index is 898. The minimum atomic E-state index is -0.683. The Morgan fingerprint density at radius 3 is 2.35 bits per heavy atom. The number of rotatable bonds is 4. The van der Waals surface area contributed by atoms with Gasteiger partial charge < -0.3 is 10.0 Å². The first-order chi connectivity index (χ1) is 12.4. The third-order valence-electron chi connectivity index (χ3n) is 4.38. The Hall–Kier alpha value is -2.66. The van der Waals surface area contributed by atoms with E-state index in [1.165, 1.54) is 4.90 Å². The molecule has 5 heteroatoms. The molecule has 0 spiro atoms. The maximum absolute atomic E-state index is 12.7. The van der Waals surface area contributed by atoms with Crippen molar-refractivity contribution < 1.29 is 14.7 Å². The number of hydrogen-bond donors (Lipinski definition) is 1. The minimum absolute atomic E-state index is 0.100. The fourth-order valence-electron chi connectivity index (χ4n) is 3.07. The second-order valence-electron chi connectivity index (χ2n) is 6.16. The third kappa shape index (κ3) is 3.22. The van der Waals surface area contributed by atoms with E-state index in [9.17, 15) is 14.7 Å². The number of Topliss-reactive ketones (excluding diaryl/α,β-unsaturated/α-hetero) is 1. The molecule has 0 saturated carbocycles. The van der Waals surface area contributed by atoms with Gasteiger partial charge in [-0.25, -0.2) is 0 Å². The molecule has 26 heavy (non-hydrogen) atoms. The molecule has 0 bridgehead atoms. The number of nitrogens with zero attached hydrogens (tertiary/aromatic N) is 1. The van der Waals surface area contributed by atoms with Crippen LogP contribution in [0.25, 0.3) is 5.76 Å². The van der Waals surface area contributed by atoms with Crippen LogP contribution in [0.5, 0.6) is 0 Å². The minimum Gasteiger partial charge on any atom is -0.507 e. The van der Waals surface area contributed by atoms with Crippen LogP contribution in [-0.2, 0) is 9.59 Å². The average Bonchev–Trinajstić information content (AvgIpc) is 2.88. The maximum Gasteiger partial charge on any atom is 0.295 e. The summed E-state index contributed by atoms with van der Waals surface area (Å²) in [6, 6.07) is 13.9. The Kier molecular flexibility index (Phi) is 5.09. The van der Waals surface area contributed by atoms with Crippen LogP contribution in [0.1, 0.15) is 22.7 Å². The molecule has 2 aromatic rings. The number of aryl methyl sites for hydroxylation is 1. The first-order valence-corrected chi connectivity index (χ1v) is 8.95. The molecule has 0 aromatic heterocycles. The van der Waals surface area contributed by atoms with E-state index in [1.807, 2.05) is 31.2 Å². The Balaban J connectivity index is 2.18. The molecule has 0 radical (unpaired) electrons. The van der Waals surface area contributed by atoms with Crippen LogP contribution in [0.2, 0.25) is 0 Å².